The van der Waals surface area contributed by atoms with Gasteiger partial charge >= 0.3 is 5.97 Å². The quantitative estimate of drug-likeness (QED) is 0.798. The molecule has 0 radical (unpaired) electrons. The molecular formula is C12H15NO4. The predicted octanol–water partition coefficient (Wildman–Crippen LogP) is 0.906. The van der Waals surface area contributed by atoms with Gasteiger partial charge in [-0.05, 0) is 19.1 Å². The van der Waals surface area contributed by atoms with E-state index in [2.05, 4.69) is 5.32 Å². The van der Waals surface area contributed by atoms with Gasteiger partial charge in [0.05, 0.1) is 6.61 Å². The second-order valence-electron chi connectivity index (χ2n) is 3.89. The van der Waals surface area contributed by atoms with Gasteiger partial charge in [-0.25, -0.2) is 4.79 Å². The number of nitrogens with one attached hydrogen (secondary N) is 1. The summed E-state index contributed by atoms with van der Waals surface area (Å²) in [6.07, 6.45) is 0. The summed E-state index contributed by atoms with van der Waals surface area (Å²) in [7, 11) is 1.38. The lowest BCUT2D eigenvalue weighted by Gasteiger charge is -2.25. The van der Waals surface area contributed by atoms with Crippen molar-refractivity contribution in [1.29, 1.82) is 0 Å². The Bertz CT molecular complexity index is 404. The van der Waals surface area contributed by atoms with E-state index in [1.165, 1.54) is 14.0 Å². The van der Waals surface area contributed by atoms with Crippen LogP contribution in [0.5, 0.6) is 0 Å². The third-order valence-corrected chi connectivity index (χ3v) is 2.33. The van der Waals surface area contributed by atoms with Crippen LogP contribution >= 0.6 is 0 Å². The Morgan fingerprint density at radius 3 is 2.41 bits per heavy atom. The molecule has 1 amide bonds. The molecule has 17 heavy (non-hydrogen) atoms. The van der Waals surface area contributed by atoms with Crippen molar-refractivity contribution in [3.8, 4) is 0 Å². The lowest BCUT2D eigenvalue weighted by Crippen LogP contribution is -2.55. The number of aliphatic carboxylic acids is 1. The molecule has 5 nitrogen and oxygen atoms in total. The molecule has 92 valence electrons. The lowest BCUT2D eigenvalue weighted by atomic mass is 10.0. The van der Waals surface area contributed by atoms with E-state index >= 15 is 0 Å². The minimum absolute atomic E-state index is 0.0963. The average molecular weight is 237 g/mol. The smallest absolute Gasteiger partial charge is 0.331 e. The minimum atomic E-state index is -1.43. The molecular weight excluding hydrogens is 222 g/mol. The summed E-state index contributed by atoms with van der Waals surface area (Å²) in [5, 5.41) is 11.5. The van der Waals surface area contributed by atoms with Gasteiger partial charge in [0, 0.05) is 12.7 Å². The number of carboxylic acids is 1. The molecule has 1 aromatic carbocycles. The van der Waals surface area contributed by atoms with E-state index in [1.54, 1.807) is 30.3 Å². The number of hydrogen-bond donors (Lipinski definition) is 2. The Morgan fingerprint density at radius 1 is 1.35 bits per heavy atom. The van der Waals surface area contributed by atoms with Gasteiger partial charge in [-0.15, -0.1) is 0 Å². The van der Waals surface area contributed by atoms with E-state index < -0.39 is 17.4 Å². The number of amides is 1. The second kappa shape index (κ2) is 5.45. The second-order valence-corrected chi connectivity index (χ2v) is 3.89. The number of hydrogen-bond acceptors (Lipinski definition) is 3. The van der Waals surface area contributed by atoms with Gasteiger partial charge in [0.1, 0.15) is 0 Å². The van der Waals surface area contributed by atoms with Crippen LogP contribution in [0.2, 0.25) is 0 Å². The van der Waals surface area contributed by atoms with Gasteiger partial charge < -0.3 is 15.2 Å². The third kappa shape index (κ3) is 3.29. The van der Waals surface area contributed by atoms with Crippen LogP contribution in [0.3, 0.4) is 0 Å². The van der Waals surface area contributed by atoms with E-state index in [0.29, 0.717) is 5.56 Å². The van der Waals surface area contributed by atoms with Gasteiger partial charge in [0.15, 0.2) is 5.54 Å². The van der Waals surface area contributed by atoms with Crippen molar-refractivity contribution >= 4 is 11.9 Å². The van der Waals surface area contributed by atoms with Gasteiger partial charge in [0.2, 0.25) is 0 Å². The van der Waals surface area contributed by atoms with Crippen LogP contribution in [0.1, 0.15) is 17.3 Å². The van der Waals surface area contributed by atoms with Gasteiger partial charge in [-0.3, -0.25) is 4.79 Å². The van der Waals surface area contributed by atoms with Gasteiger partial charge in [-0.2, -0.15) is 0 Å². The van der Waals surface area contributed by atoms with Crippen LogP contribution in [0.15, 0.2) is 30.3 Å². The molecule has 0 aliphatic rings. The van der Waals surface area contributed by atoms with Crippen molar-refractivity contribution in [2.45, 2.75) is 12.5 Å². The fraction of sp³-hybridized carbons (Fsp3) is 0.333. The third-order valence-electron chi connectivity index (χ3n) is 2.33. The van der Waals surface area contributed by atoms with E-state index in [4.69, 9.17) is 9.84 Å². The van der Waals surface area contributed by atoms with Gasteiger partial charge in [0.25, 0.3) is 5.91 Å². The van der Waals surface area contributed by atoms with Crippen LogP contribution in [0.4, 0.5) is 0 Å². The molecule has 1 rings (SSSR count). The Hall–Kier alpha value is -1.88. The van der Waals surface area contributed by atoms with Crippen molar-refractivity contribution in [1.82, 2.24) is 5.32 Å². The summed E-state index contributed by atoms with van der Waals surface area (Å²) in [5.41, 5.74) is -1.02. The molecule has 0 spiro atoms. The molecule has 1 unspecified atom stereocenters. The van der Waals surface area contributed by atoms with Crippen molar-refractivity contribution in [2.75, 3.05) is 13.7 Å². The summed E-state index contributed by atoms with van der Waals surface area (Å²) >= 11 is 0. The lowest BCUT2D eigenvalue weighted by molar-refractivity contribution is -0.145. The predicted molar refractivity (Wildman–Crippen MR) is 61.8 cm³/mol. The molecule has 0 heterocycles. The van der Waals surface area contributed by atoms with Crippen LogP contribution < -0.4 is 5.32 Å². The van der Waals surface area contributed by atoms with Crippen LogP contribution in [-0.2, 0) is 9.53 Å². The molecule has 1 aromatic rings. The molecule has 0 aromatic heterocycles. The van der Waals surface area contributed by atoms with E-state index in [1.807, 2.05) is 0 Å². The highest BCUT2D eigenvalue weighted by Crippen LogP contribution is 2.07. The number of carbonyl (C=O) groups is 2. The highest BCUT2D eigenvalue weighted by atomic mass is 16.5. The first kappa shape index (κ1) is 13.2. The number of carbonyl (C=O) groups excluding carboxylic acids is 1. The zero-order valence-electron chi connectivity index (χ0n) is 9.77. The van der Waals surface area contributed by atoms with E-state index in [0.717, 1.165) is 0 Å². The highest BCUT2D eigenvalue weighted by Gasteiger charge is 2.35. The number of methoxy groups -OCH3 is 1. The normalized spacial score (nSPS) is 13.8. The summed E-state index contributed by atoms with van der Waals surface area (Å²) < 4.78 is 4.81. The number of carboxylic acid groups (broad SMARTS) is 1. The zero-order valence-corrected chi connectivity index (χ0v) is 9.77. The van der Waals surface area contributed by atoms with E-state index in [9.17, 15) is 9.59 Å². The van der Waals surface area contributed by atoms with Crippen molar-refractivity contribution in [3.63, 3.8) is 0 Å². The minimum Gasteiger partial charge on any atom is -0.479 e. The fourth-order valence-corrected chi connectivity index (χ4v) is 1.35. The molecule has 2 N–H and O–H groups in total. The maximum Gasteiger partial charge on any atom is 0.331 e. The fourth-order valence-electron chi connectivity index (χ4n) is 1.35. The summed E-state index contributed by atoms with van der Waals surface area (Å²) in [4.78, 5) is 22.9. The first-order valence-corrected chi connectivity index (χ1v) is 5.09. The summed E-state index contributed by atoms with van der Waals surface area (Å²) in [5.74, 6) is -1.57. The Labute approximate surface area is 99.4 Å². The first-order valence-electron chi connectivity index (χ1n) is 5.09. The van der Waals surface area contributed by atoms with Crippen LogP contribution in [0, 0.1) is 0 Å². The maximum atomic E-state index is 11.8. The Morgan fingerprint density at radius 2 is 1.94 bits per heavy atom. The zero-order chi connectivity index (χ0) is 12.9. The number of ether oxygens (including phenoxy) is 1. The molecule has 0 aliphatic heterocycles. The molecule has 0 saturated carbocycles. The Kier molecular flexibility index (Phi) is 4.23. The number of rotatable bonds is 5. The standard InChI is InChI=1S/C12H15NO4/c1-12(8-17-2,11(15)16)13-10(14)9-6-4-3-5-7-9/h3-7H,8H2,1-2H3,(H,13,14)(H,15,16). The summed E-state index contributed by atoms with van der Waals surface area (Å²) in [6.45, 7) is 1.31. The van der Waals surface area contributed by atoms with Gasteiger partial charge in [-0.1, -0.05) is 18.2 Å². The molecule has 1 atom stereocenters. The van der Waals surface area contributed by atoms with Crippen molar-refractivity contribution in [3.05, 3.63) is 35.9 Å². The van der Waals surface area contributed by atoms with Crippen LogP contribution in [0.25, 0.3) is 0 Å². The maximum absolute atomic E-state index is 11.8. The molecule has 0 fully saturated rings. The highest BCUT2D eigenvalue weighted by molar-refractivity contribution is 5.97. The molecule has 5 heteroatoms. The van der Waals surface area contributed by atoms with Crippen molar-refractivity contribution < 1.29 is 19.4 Å². The van der Waals surface area contributed by atoms with Crippen LogP contribution in [-0.4, -0.2) is 36.2 Å². The molecule has 0 saturated heterocycles. The first-order chi connectivity index (χ1) is 7.99. The topological polar surface area (TPSA) is 75.6 Å². The molecule has 0 bridgehead atoms. The molecule has 0 aliphatic carbocycles. The number of benzene rings is 1. The van der Waals surface area contributed by atoms with Crippen molar-refractivity contribution in [2.24, 2.45) is 0 Å². The average Bonchev–Trinajstić information content (AvgIpc) is 2.30. The monoisotopic (exact) mass is 237 g/mol. The van der Waals surface area contributed by atoms with E-state index in [-0.39, 0.29) is 6.61 Å². The largest absolute Gasteiger partial charge is 0.479 e. The SMILES string of the molecule is COCC(C)(NC(=O)c1ccccc1)C(=O)O. The Balaban J connectivity index is 2.82. The summed E-state index contributed by atoms with van der Waals surface area (Å²) in [6, 6.07) is 8.43.